The smallest absolute Gasteiger partial charge is 0.307 e. The van der Waals surface area contributed by atoms with Gasteiger partial charge in [0.1, 0.15) is 23.1 Å². The van der Waals surface area contributed by atoms with E-state index in [9.17, 15) is 27.6 Å². The van der Waals surface area contributed by atoms with Crippen molar-refractivity contribution in [3.05, 3.63) is 36.0 Å². The van der Waals surface area contributed by atoms with Crippen LogP contribution in [0.4, 0.5) is 0 Å². The molecule has 14 nitrogen and oxygen atoms in total. The molecule has 6 atom stereocenters. The fraction of sp³-hybridized carbons (Fsp3) is 0.650. The molecule has 0 bridgehead atoms. The number of carbonyl (C=O) groups excluding carboxylic acids is 4. The minimum atomic E-state index is -3.86. The summed E-state index contributed by atoms with van der Waals surface area (Å²) in [5.41, 5.74) is -0.342. The fourth-order valence-electron chi connectivity index (χ4n) is 7.96. The molecule has 6 rings (SSSR count). The number of benzene rings is 1. The van der Waals surface area contributed by atoms with Gasteiger partial charge in [-0.1, -0.05) is 18.6 Å². The van der Waals surface area contributed by atoms with Crippen molar-refractivity contribution in [1.82, 2.24) is 19.6 Å². The molecule has 0 spiro atoms. The van der Waals surface area contributed by atoms with Gasteiger partial charge in [0, 0.05) is 32.6 Å². The van der Waals surface area contributed by atoms with E-state index in [1.165, 1.54) is 4.90 Å². The molecular weight excluding hydrogens is 729 g/mol. The highest BCUT2D eigenvalue weighted by Crippen LogP contribution is 2.57. The second-order valence-corrected chi connectivity index (χ2v) is 18.5. The third kappa shape index (κ3) is 9.48. The molecule has 3 heterocycles. The van der Waals surface area contributed by atoms with Crippen LogP contribution in [0.2, 0.25) is 0 Å². The van der Waals surface area contributed by atoms with Gasteiger partial charge in [-0.15, -0.1) is 0 Å². The predicted octanol–water partition coefficient (Wildman–Crippen LogP) is 4.61. The number of allylic oxidation sites excluding steroid dienone is 2. The summed E-state index contributed by atoms with van der Waals surface area (Å²) in [5, 5.41) is -0.607. The van der Waals surface area contributed by atoms with E-state index in [0.29, 0.717) is 54.6 Å². The molecule has 1 aromatic carbocycles. The average Bonchev–Trinajstić information content (AvgIpc) is 4.04. The van der Waals surface area contributed by atoms with Crippen LogP contribution in [0.25, 0.3) is 11.0 Å². The molecule has 2 aliphatic heterocycles. The Balaban J connectivity index is 1.35. The molecule has 1 saturated heterocycles. The molecule has 2 saturated carbocycles. The minimum absolute atomic E-state index is 0.00954. The monoisotopic (exact) mass is 782 g/mol. The standard InChI is InChI=1S/C40H54N4O10S/c1-24-36(42-32-17-27(52-6)13-16-31(32)41-24)53-28-18-33-34(45)21-40(38(48)43-55(49,50)29-14-15-29)20-26(40)12-10-8-7-9-11-25(23-51-5)30(37(47)44(33)22-28)19-35(46)54-39(2,3)4/h10,12-13,16-17,25-26,28-30,33H,7-9,11,14-15,18-23H2,1-6H3,(H,43,48)/b12-10-/t25-,26+,28+,30-,33-,40+/m0/s1. The van der Waals surface area contributed by atoms with Crippen molar-refractivity contribution in [3.63, 3.8) is 0 Å². The summed E-state index contributed by atoms with van der Waals surface area (Å²) < 4.78 is 51.2. The zero-order valence-corrected chi connectivity index (χ0v) is 33.5. The number of ether oxygens (including phenoxy) is 4. The van der Waals surface area contributed by atoms with Gasteiger partial charge in [-0.05, 0) is 90.2 Å². The van der Waals surface area contributed by atoms with Crippen molar-refractivity contribution in [1.29, 1.82) is 0 Å². The molecule has 2 amide bonds. The lowest BCUT2D eigenvalue weighted by atomic mass is 9.84. The van der Waals surface area contributed by atoms with Crippen LogP contribution in [0.1, 0.15) is 90.7 Å². The van der Waals surface area contributed by atoms with Crippen LogP contribution in [0.3, 0.4) is 0 Å². The molecule has 3 fully saturated rings. The number of aryl methyl sites for hydroxylation is 1. The van der Waals surface area contributed by atoms with Crippen LogP contribution in [0.15, 0.2) is 30.4 Å². The number of amides is 2. The van der Waals surface area contributed by atoms with Crippen LogP contribution in [-0.2, 0) is 38.7 Å². The third-order valence-corrected chi connectivity index (χ3v) is 12.9. The number of nitrogens with one attached hydrogen (secondary N) is 1. The molecule has 2 aliphatic carbocycles. The summed E-state index contributed by atoms with van der Waals surface area (Å²) in [5.74, 6) is -2.72. The molecule has 0 unspecified atom stereocenters. The molecule has 4 aliphatic rings. The van der Waals surface area contributed by atoms with Crippen molar-refractivity contribution < 1.29 is 46.5 Å². The molecule has 0 radical (unpaired) electrons. The molecule has 15 heteroatoms. The Kier molecular flexibility index (Phi) is 11.9. The highest BCUT2D eigenvalue weighted by Gasteiger charge is 2.61. The topological polar surface area (TPSA) is 180 Å². The van der Waals surface area contributed by atoms with Crippen molar-refractivity contribution in [3.8, 4) is 11.6 Å². The highest BCUT2D eigenvalue weighted by molar-refractivity contribution is 7.90. The summed E-state index contributed by atoms with van der Waals surface area (Å²) in [6.45, 7) is 7.29. The zero-order valence-electron chi connectivity index (χ0n) is 32.7. The van der Waals surface area contributed by atoms with Crippen LogP contribution >= 0.6 is 0 Å². The largest absolute Gasteiger partial charge is 0.497 e. The van der Waals surface area contributed by atoms with Gasteiger partial charge in [0.2, 0.25) is 27.7 Å². The summed E-state index contributed by atoms with van der Waals surface area (Å²) in [7, 11) is -0.750. The maximum Gasteiger partial charge on any atom is 0.307 e. The quantitative estimate of drug-likeness (QED) is 0.262. The Bertz CT molecular complexity index is 1940. The maximum absolute atomic E-state index is 14.9. The Morgan fingerprint density at radius 3 is 2.51 bits per heavy atom. The number of esters is 1. The van der Waals surface area contributed by atoms with E-state index in [2.05, 4.69) is 9.71 Å². The SMILES string of the molecule is COC[C@@H]1CCCC/C=C\[C@@H]2C[C@@]2(C(=O)NS(=O)(=O)C2CC2)CC(=O)[C@@H]2C[C@@H](Oc3nc4cc(OC)ccc4nc3C)CN2C(=O)[C@H]1CC(=O)OC(C)(C)C. The molecular formula is C40H54N4O10S. The summed E-state index contributed by atoms with van der Waals surface area (Å²) in [6, 6.07) is 4.31. The number of methoxy groups -OCH3 is 2. The molecule has 300 valence electrons. The number of hydrogen-bond donors (Lipinski definition) is 1. The van der Waals surface area contributed by atoms with Gasteiger partial charge in [-0.2, -0.15) is 0 Å². The Morgan fingerprint density at radius 2 is 1.82 bits per heavy atom. The lowest BCUT2D eigenvalue weighted by molar-refractivity contribution is -0.160. The Labute approximate surface area is 323 Å². The van der Waals surface area contributed by atoms with E-state index >= 15 is 0 Å². The normalized spacial score (nSPS) is 28.3. The number of ketones is 1. The van der Waals surface area contributed by atoms with Gasteiger partial charge in [0.25, 0.3) is 0 Å². The summed E-state index contributed by atoms with van der Waals surface area (Å²) in [4.78, 5) is 67.6. The van der Waals surface area contributed by atoms with Crippen LogP contribution in [-0.4, -0.2) is 97.2 Å². The van der Waals surface area contributed by atoms with Gasteiger partial charge in [0.05, 0.1) is 53.7 Å². The summed E-state index contributed by atoms with van der Waals surface area (Å²) in [6.07, 6.45) is 6.95. The van der Waals surface area contributed by atoms with Gasteiger partial charge in [-0.25, -0.2) is 18.4 Å². The van der Waals surface area contributed by atoms with Crippen molar-refractivity contribution >= 4 is 44.6 Å². The number of hydrogen-bond acceptors (Lipinski definition) is 12. The minimum Gasteiger partial charge on any atom is -0.497 e. The number of rotatable bonds is 10. The van der Waals surface area contributed by atoms with Gasteiger partial charge >= 0.3 is 5.97 Å². The number of carbonyl (C=O) groups is 4. The molecule has 1 N–H and O–H groups in total. The van der Waals surface area contributed by atoms with Gasteiger partial charge in [-0.3, -0.25) is 23.9 Å². The highest BCUT2D eigenvalue weighted by atomic mass is 32.2. The Hall–Kier alpha value is -4.11. The maximum atomic E-state index is 14.9. The first kappa shape index (κ1) is 40.6. The van der Waals surface area contributed by atoms with Crippen LogP contribution in [0.5, 0.6) is 11.6 Å². The van der Waals surface area contributed by atoms with Crippen LogP contribution < -0.4 is 14.2 Å². The lowest BCUT2D eigenvalue weighted by Gasteiger charge is -2.33. The van der Waals surface area contributed by atoms with Gasteiger partial charge in [0.15, 0.2) is 5.78 Å². The number of aromatic nitrogens is 2. The number of sulfonamides is 1. The average molecular weight is 783 g/mol. The second kappa shape index (κ2) is 16.2. The lowest BCUT2D eigenvalue weighted by Crippen LogP contribution is -2.48. The molecule has 2 aromatic rings. The van der Waals surface area contributed by atoms with E-state index in [1.807, 2.05) is 12.2 Å². The van der Waals surface area contributed by atoms with Crippen molar-refractivity contribution in [2.24, 2.45) is 23.2 Å². The Morgan fingerprint density at radius 1 is 1.05 bits per heavy atom. The summed E-state index contributed by atoms with van der Waals surface area (Å²) >= 11 is 0. The van der Waals surface area contributed by atoms with E-state index in [4.69, 9.17) is 23.9 Å². The first-order valence-corrected chi connectivity index (χ1v) is 20.8. The first-order valence-electron chi connectivity index (χ1n) is 19.3. The zero-order chi connectivity index (χ0) is 39.7. The van der Waals surface area contributed by atoms with Gasteiger partial charge < -0.3 is 23.8 Å². The predicted molar refractivity (Wildman–Crippen MR) is 203 cm³/mol. The number of fused-ring (bicyclic) bond motifs is 3. The first-order chi connectivity index (χ1) is 26.0. The second-order valence-electron chi connectivity index (χ2n) is 16.6. The van der Waals surface area contributed by atoms with E-state index in [-0.39, 0.29) is 55.9 Å². The molecule has 55 heavy (non-hydrogen) atoms. The van der Waals surface area contributed by atoms with E-state index in [1.54, 1.807) is 60.1 Å². The molecule has 1 aromatic heterocycles. The van der Waals surface area contributed by atoms with E-state index in [0.717, 1.165) is 12.8 Å². The third-order valence-electron chi connectivity index (χ3n) is 11.1. The van der Waals surface area contributed by atoms with Crippen molar-refractivity contribution in [2.75, 3.05) is 27.4 Å². The number of Topliss-reactive ketones (excluding diaryl/α,β-unsaturated/α-hetero) is 1. The fourth-order valence-corrected chi connectivity index (χ4v) is 9.35. The van der Waals surface area contributed by atoms with E-state index < -0.39 is 62.1 Å². The van der Waals surface area contributed by atoms with Crippen molar-refractivity contribution in [2.45, 2.75) is 115 Å². The number of nitrogens with zero attached hydrogens (tertiary/aromatic N) is 3. The van der Waals surface area contributed by atoms with Crippen LogP contribution in [0, 0.1) is 30.1 Å².